The zero-order valence-electron chi connectivity index (χ0n) is 7.97. The van der Waals surface area contributed by atoms with Gasteiger partial charge in [0.25, 0.3) is 0 Å². The van der Waals surface area contributed by atoms with Gasteiger partial charge in [0.15, 0.2) is 5.76 Å². The number of allylic oxidation sites excluding steroid dienone is 1. The molecule has 0 radical (unpaired) electrons. The van der Waals surface area contributed by atoms with Gasteiger partial charge in [0.2, 0.25) is 5.78 Å². The molecule has 0 aliphatic heterocycles. The fourth-order valence-corrected chi connectivity index (χ4v) is 1.95. The van der Waals surface area contributed by atoms with E-state index in [2.05, 4.69) is 5.32 Å². The molecule has 0 fully saturated rings. The van der Waals surface area contributed by atoms with E-state index >= 15 is 0 Å². The smallest absolute Gasteiger partial charge is 0.230 e. The van der Waals surface area contributed by atoms with Crippen LogP contribution in [-0.2, 0) is 0 Å². The van der Waals surface area contributed by atoms with Gasteiger partial charge in [-0.15, -0.1) is 0 Å². The minimum atomic E-state index is -0.480. The van der Waals surface area contributed by atoms with Crippen LogP contribution in [0.2, 0.25) is 5.02 Å². The van der Waals surface area contributed by atoms with E-state index in [9.17, 15) is 9.90 Å². The summed E-state index contributed by atoms with van der Waals surface area (Å²) >= 11 is 6.04. The Balaban J connectivity index is 2.75. The van der Waals surface area contributed by atoms with Crippen molar-refractivity contribution in [3.8, 4) is 0 Å². The van der Waals surface area contributed by atoms with Crippen molar-refractivity contribution in [2.75, 3.05) is 12.4 Å². The molecule has 0 bridgehead atoms. The van der Waals surface area contributed by atoms with Crippen LogP contribution in [0, 0.1) is 0 Å². The summed E-state index contributed by atoms with van der Waals surface area (Å²) in [5.41, 5.74) is 7.06. The molecular weight excluding hydrogens is 216 g/mol. The predicted octanol–water partition coefficient (Wildman–Crippen LogP) is 1.76. The average Bonchev–Trinajstić information content (AvgIpc) is 2.45. The van der Waals surface area contributed by atoms with Gasteiger partial charge in [0.05, 0.1) is 16.4 Å². The molecule has 1 aliphatic rings. The average molecular weight is 225 g/mol. The molecule has 15 heavy (non-hydrogen) atoms. The maximum atomic E-state index is 11.5. The number of carbonyl (C=O) groups excluding carboxylic acids is 1. The number of aliphatic hydroxyl groups is 1. The number of anilines is 1. The van der Waals surface area contributed by atoms with Gasteiger partial charge in [0, 0.05) is 18.2 Å². The van der Waals surface area contributed by atoms with Gasteiger partial charge in [0.1, 0.15) is 0 Å². The molecular formula is C10H9ClN2O2. The van der Waals surface area contributed by atoms with Crippen LogP contribution in [0.1, 0.15) is 15.9 Å². The van der Waals surface area contributed by atoms with Crippen molar-refractivity contribution in [1.82, 2.24) is 0 Å². The third kappa shape index (κ3) is 1.18. The zero-order chi connectivity index (χ0) is 11.2. The number of ketones is 1. The van der Waals surface area contributed by atoms with Crippen molar-refractivity contribution in [3.05, 3.63) is 34.0 Å². The van der Waals surface area contributed by atoms with Gasteiger partial charge in [-0.2, -0.15) is 0 Å². The van der Waals surface area contributed by atoms with Crippen LogP contribution in [0.15, 0.2) is 17.9 Å². The third-order valence-corrected chi connectivity index (χ3v) is 2.79. The van der Waals surface area contributed by atoms with Gasteiger partial charge in [-0.1, -0.05) is 11.6 Å². The number of Topliss-reactive ketones (excluding diaryl/α,β-unsaturated/α-hetero) is 1. The van der Waals surface area contributed by atoms with Crippen molar-refractivity contribution in [2.24, 2.45) is 5.73 Å². The Hall–Kier alpha value is -1.68. The van der Waals surface area contributed by atoms with Gasteiger partial charge >= 0.3 is 0 Å². The van der Waals surface area contributed by atoms with Crippen molar-refractivity contribution >= 4 is 28.8 Å². The molecule has 0 unspecified atom stereocenters. The van der Waals surface area contributed by atoms with E-state index in [-0.39, 0.29) is 5.70 Å². The monoisotopic (exact) mass is 224 g/mol. The van der Waals surface area contributed by atoms with Gasteiger partial charge in [-0.05, 0) is 12.1 Å². The van der Waals surface area contributed by atoms with E-state index in [1.807, 2.05) is 0 Å². The van der Waals surface area contributed by atoms with E-state index in [1.54, 1.807) is 19.2 Å². The van der Waals surface area contributed by atoms with E-state index < -0.39 is 11.5 Å². The van der Waals surface area contributed by atoms with Gasteiger partial charge in [-0.25, -0.2) is 0 Å². The SMILES string of the molecule is CNc1ccc2c(c1Cl)C(N)=C(O)C2=O. The lowest BCUT2D eigenvalue weighted by Gasteiger charge is -2.08. The number of rotatable bonds is 1. The summed E-state index contributed by atoms with van der Waals surface area (Å²) in [6.07, 6.45) is 0. The molecule has 1 aromatic rings. The number of halogens is 1. The molecule has 4 N–H and O–H groups in total. The number of hydrogen-bond acceptors (Lipinski definition) is 4. The van der Waals surface area contributed by atoms with E-state index in [0.29, 0.717) is 21.8 Å². The number of nitrogens with one attached hydrogen (secondary N) is 1. The van der Waals surface area contributed by atoms with Crippen molar-refractivity contribution in [1.29, 1.82) is 0 Å². The summed E-state index contributed by atoms with van der Waals surface area (Å²) in [4.78, 5) is 11.5. The third-order valence-electron chi connectivity index (χ3n) is 2.40. The molecule has 2 rings (SSSR count). The molecule has 0 atom stereocenters. The van der Waals surface area contributed by atoms with Crippen LogP contribution in [-0.4, -0.2) is 17.9 Å². The minimum absolute atomic E-state index is 0.0390. The second kappa shape index (κ2) is 3.17. The highest BCUT2D eigenvalue weighted by Gasteiger charge is 2.30. The molecule has 1 aliphatic carbocycles. The Morgan fingerprint density at radius 1 is 1.47 bits per heavy atom. The standard InChI is InChI=1S/C10H9ClN2O2/c1-13-5-3-2-4-6(7(5)11)8(12)10(15)9(4)14/h2-3,13H,1H3,(H3,12,14,15). The summed E-state index contributed by atoms with van der Waals surface area (Å²) in [5.74, 6) is -0.910. The predicted molar refractivity (Wildman–Crippen MR) is 59.1 cm³/mol. The molecule has 1 aromatic carbocycles. The van der Waals surface area contributed by atoms with Crippen LogP contribution in [0.5, 0.6) is 0 Å². The number of carbonyl (C=O) groups is 1. The molecule has 0 aromatic heterocycles. The Morgan fingerprint density at radius 3 is 2.73 bits per heavy atom. The van der Waals surface area contributed by atoms with E-state index in [0.717, 1.165) is 0 Å². The zero-order valence-corrected chi connectivity index (χ0v) is 8.72. The maximum absolute atomic E-state index is 11.5. The first-order valence-corrected chi connectivity index (χ1v) is 4.69. The highest BCUT2D eigenvalue weighted by Crippen LogP contribution is 2.37. The van der Waals surface area contributed by atoms with Crippen LogP contribution in [0.25, 0.3) is 5.70 Å². The Bertz CT molecular complexity index is 494. The van der Waals surface area contributed by atoms with E-state index in [1.165, 1.54) is 0 Å². The first kappa shape index (κ1) is 9.86. The molecule has 4 nitrogen and oxygen atoms in total. The molecule has 0 spiro atoms. The number of nitrogens with two attached hydrogens (primary N) is 1. The first-order valence-electron chi connectivity index (χ1n) is 4.32. The number of aliphatic hydroxyl groups excluding tert-OH is 1. The largest absolute Gasteiger partial charge is 0.503 e. The van der Waals surface area contributed by atoms with Gasteiger partial charge in [-0.3, -0.25) is 4.79 Å². The van der Waals surface area contributed by atoms with Crippen LogP contribution in [0.4, 0.5) is 5.69 Å². The van der Waals surface area contributed by atoms with Crippen molar-refractivity contribution in [3.63, 3.8) is 0 Å². The fraction of sp³-hybridized carbons (Fsp3) is 0.100. The number of fused-ring (bicyclic) bond motifs is 1. The number of benzene rings is 1. The van der Waals surface area contributed by atoms with Crippen LogP contribution < -0.4 is 11.1 Å². The molecule has 78 valence electrons. The Kier molecular flexibility index (Phi) is 2.08. The lowest BCUT2D eigenvalue weighted by Crippen LogP contribution is -1.99. The highest BCUT2D eigenvalue weighted by atomic mass is 35.5. The molecule has 0 saturated heterocycles. The Morgan fingerprint density at radius 2 is 2.13 bits per heavy atom. The topological polar surface area (TPSA) is 75.3 Å². The van der Waals surface area contributed by atoms with Crippen molar-refractivity contribution < 1.29 is 9.90 Å². The molecule has 5 heteroatoms. The second-order valence-electron chi connectivity index (χ2n) is 3.19. The summed E-state index contributed by atoms with van der Waals surface area (Å²) in [6.45, 7) is 0. The Labute approximate surface area is 91.3 Å². The fourth-order valence-electron chi connectivity index (χ4n) is 1.59. The summed E-state index contributed by atoms with van der Waals surface area (Å²) in [6, 6.07) is 3.26. The van der Waals surface area contributed by atoms with Crippen LogP contribution in [0.3, 0.4) is 0 Å². The lowest BCUT2D eigenvalue weighted by molar-refractivity contribution is 0.0984. The second-order valence-corrected chi connectivity index (χ2v) is 3.57. The molecule has 0 amide bonds. The maximum Gasteiger partial charge on any atom is 0.230 e. The quantitative estimate of drug-likeness (QED) is 0.680. The van der Waals surface area contributed by atoms with Gasteiger partial charge < -0.3 is 16.2 Å². The highest BCUT2D eigenvalue weighted by molar-refractivity contribution is 6.37. The number of hydrogen-bond donors (Lipinski definition) is 3. The lowest BCUT2D eigenvalue weighted by atomic mass is 10.1. The molecule has 0 heterocycles. The summed E-state index contributed by atoms with van der Waals surface area (Å²) < 4.78 is 0. The van der Waals surface area contributed by atoms with Crippen molar-refractivity contribution in [2.45, 2.75) is 0 Å². The minimum Gasteiger partial charge on any atom is -0.503 e. The first-order chi connectivity index (χ1) is 7.07. The summed E-state index contributed by atoms with van der Waals surface area (Å²) in [5, 5.41) is 12.6. The normalized spacial score (nSPS) is 14.4. The van der Waals surface area contributed by atoms with E-state index in [4.69, 9.17) is 17.3 Å². The molecule has 0 saturated carbocycles. The summed E-state index contributed by atoms with van der Waals surface area (Å²) in [7, 11) is 1.71. The van der Waals surface area contributed by atoms with Crippen LogP contribution >= 0.6 is 11.6 Å².